The molecule has 0 aliphatic carbocycles. The SMILES string of the molecule is COC(=O)CCC(=O)Nc1ccc(-c2cccs2)cn1. The highest BCUT2D eigenvalue weighted by Crippen LogP contribution is 2.24. The van der Waals surface area contributed by atoms with Crippen LogP contribution in [0.1, 0.15) is 12.8 Å². The number of methoxy groups -OCH3 is 1. The zero-order valence-corrected chi connectivity index (χ0v) is 11.8. The Labute approximate surface area is 120 Å². The number of rotatable bonds is 5. The molecule has 0 atom stereocenters. The van der Waals surface area contributed by atoms with E-state index in [4.69, 9.17) is 0 Å². The Kier molecular flexibility index (Phi) is 4.84. The Hall–Kier alpha value is -2.21. The molecule has 0 bridgehead atoms. The van der Waals surface area contributed by atoms with Gasteiger partial charge in [0.15, 0.2) is 0 Å². The number of carbonyl (C=O) groups excluding carboxylic acids is 2. The highest BCUT2D eigenvalue weighted by molar-refractivity contribution is 7.13. The summed E-state index contributed by atoms with van der Waals surface area (Å²) in [6.07, 6.45) is 1.86. The Morgan fingerprint density at radius 1 is 1.30 bits per heavy atom. The second-order valence-electron chi connectivity index (χ2n) is 4.03. The van der Waals surface area contributed by atoms with Gasteiger partial charge in [-0.1, -0.05) is 6.07 Å². The van der Waals surface area contributed by atoms with E-state index in [1.165, 1.54) is 7.11 Å². The van der Waals surface area contributed by atoms with Gasteiger partial charge < -0.3 is 10.1 Å². The molecule has 2 rings (SSSR count). The van der Waals surface area contributed by atoms with Crippen LogP contribution in [0.2, 0.25) is 0 Å². The molecule has 5 nitrogen and oxygen atoms in total. The first-order chi connectivity index (χ1) is 9.69. The number of anilines is 1. The molecular formula is C14H14N2O3S. The van der Waals surface area contributed by atoms with Crippen LogP contribution in [-0.4, -0.2) is 24.0 Å². The molecule has 0 saturated heterocycles. The lowest BCUT2D eigenvalue weighted by Gasteiger charge is -2.04. The molecule has 2 heterocycles. The number of hydrogen-bond donors (Lipinski definition) is 1. The van der Waals surface area contributed by atoms with Crippen molar-refractivity contribution in [2.24, 2.45) is 0 Å². The van der Waals surface area contributed by atoms with Gasteiger partial charge >= 0.3 is 5.97 Å². The Morgan fingerprint density at radius 3 is 2.75 bits per heavy atom. The third kappa shape index (κ3) is 3.89. The van der Waals surface area contributed by atoms with E-state index in [0.717, 1.165) is 10.4 Å². The summed E-state index contributed by atoms with van der Waals surface area (Å²) >= 11 is 1.63. The Bertz CT molecular complexity index is 579. The van der Waals surface area contributed by atoms with E-state index < -0.39 is 5.97 Å². The summed E-state index contributed by atoms with van der Waals surface area (Å²) in [6.45, 7) is 0. The molecule has 104 valence electrons. The van der Waals surface area contributed by atoms with Gasteiger partial charge in [-0.2, -0.15) is 0 Å². The first-order valence-electron chi connectivity index (χ1n) is 6.05. The first kappa shape index (κ1) is 14.2. The zero-order valence-electron chi connectivity index (χ0n) is 11.0. The van der Waals surface area contributed by atoms with E-state index in [2.05, 4.69) is 15.0 Å². The van der Waals surface area contributed by atoms with Gasteiger partial charge in [-0.3, -0.25) is 9.59 Å². The molecule has 0 aliphatic rings. The molecule has 0 radical (unpaired) electrons. The van der Waals surface area contributed by atoms with Crippen molar-refractivity contribution in [3.63, 3.8) is 0 Å². The predicted octanol–water partition coefficient (Wildman–Crippen LogP) is 2.70. The van der Waals surface area contributed by atoms with Crippen molar-refractivity contribution < 1.29 is 14.3 Å². The predicted molar refractivity (Wildman–Crippen MR) is 77.4 cm³/mol. The van der Waals surface area contributed by atoms with E-state index >= 15 is 0 Å². The quantitative estimate of drug-likeness (QED) is 0.860. The number of pyridine rings is 1. The van der Waals surface area contributed by atoms with E-state index in [1.807, 2.05) is 23.6 Å². The molecule has 2 aromatic rings. The van der Waals surface area contributed by atoms with Crippen LogP contribution in [0.5, 0.6) is 0 Å². The van der Waals surface area contributed by atoms with Gasteiger partial charge in [-0.25, -0.2) is 4.98 Å². The maximum absolute atomic E-state index is 11.6. The van der Waals surface area contributed by atoms with Gasteiger partial charge in [0, 0.05) is 23.1 Å². The molecule has 0 aliphatic heterocycles. The van der Waals surface area contributed by atoms with Gasteiger partial charge in [-0.15, -0.1) is 11.3 Å². The summed E-state index contributed by atoms with van der Waals surface area (Å²) in [5, 5.41) is 4.64. The van der Waals surface area contributed by atoms with Crippen molar-refractivity contribution in [3.05, 3.63) is 35.8 Å². The van der Waals surface area contributed by atoms with Crippen molar-refractivity contribution >= 4 is 29.0 Å². The van der Waals surface area contributed by atoms with Gasteiger partial charge in [0.1, 0.15) is 5.82 Å². The Morgan fingerprint density at radius 2 is 2.15 bits per heavy atom. The highest BCUT2D eigenvalue weighted by Gasteiger charge is 2.08. The van der Waals surface area contributed by atoms with Crippen LogP contribution >= 0.6 is 11.3 Å². The third-order valence-electron chi connectivity index (χ3n) is 2.62. The number of amides is 1. The minimum atomic E-state index is -0.402. The molecule has 0 saturated carbocycles. The number of aromatic nitrogens is 1. The fourth-order valence-electron chi connectivity index (χ4n) is 1.58. The zero-order chi connectivity index (χ0) is 14.4. The summed E-state index contributed by atoms with van der Waals surface area (Å²) in [5.74, 6) is -0.187. The molecule has 0 aromatic carbocycles. The summed E-state index contributed by atoms with van der Waals surface area (Å²) in [7, 11) is 1.30. The van der Waals surface area contributed by atoms with Crippen molar-refractivity contribution in [2.75, 3.05) is 12.4 Å². The van der Waals surface area contributed by atoms with Crippen molar-refractivity contribution in [2.45, 2.75) is 12.8 Å². The van der Waals surface area contributed by atoms with E-state index in [9.17, 15) is 9.59 Å². The number of hydrogen-bond acceptors (Lipinski definition) is 5. The van der Waals surface area contributed by atoms with Crippen molar-refractivity contribution in [1.82, 2.24) is 4.98 Å². The minimum Gasteiger partial charge on any atom is -0.469 e. The molecule has 1 amide bonds. The third-order valence-corrected chi connectivity index (χ3v) is 3.54. The lowest BCUT2D eigenvalue weighted by atomic mass is 10.2. The molecule has 2 aromatic heterocycles. The summed E-state index contributed by atoms with van der Waals surface area (Å²) in [6, 6.07) is 7.62. The van der Waals surface area contributed by atoms with Gasteiger partial charge in [-0.05, 0) is 23.6 Å². The summed E-state index contributed by atoms with van der Waals surface area (Å²) in [5.41, 5.74) is 1.01. The number of thiophene rings is 1. The smallest absolute Gasteiger partial charge is 0.306 e. The normalized spacial score (nSPS) is 10.1. The molecule has 0 spiro atoms. The molecule has 20 heavy (non-hydrogen) atoms. The fourth-order valence-corrected chi connectivity index (χ4v) is 2.30. The van der Waals surface area contributed by atoms with Crippen LogP contribution in [-0.2, 0) is 14.3 Å². The number of nitrogens with zero attached hydrogens (tertiary/aromatic N) is 1. The van der Waals surface area contributed by atoms with Crippen LogP contribution in [0.3, 0.4) is 0 Å². The number of esters is 1. The lowest BCUT2D eigenvalue weighted by molar-refractivity contribution is -0.141. The van der Waals surface area contributed by atoms with Gasteiger partial charge in [0.25, 0.3) is 0 Å². The highest BCUT2D eigenvalue weighted by atomic mass is 32.1. The average molecular weight is 290 g/mol. The topological polar surface area (TPSA) is 68.3 Å². The largest absolute Gasteiger partial charge is 0.469 e. The molecule has 0 fully saturated rings. The van der Waals surface area contributed by atoms with Gasteiger partial charge in [0.05, 0.1) is 13.5 Å². The van der Waals surface area contributed by atoms with Crippen LogP contribution in [0.15, 0.2) is 35.8 Å². The maximum Gasteiger partial charge on any atom is 0.306 e. The summed E-state index contributed by atoms with van der Waals surface area (Å²) in [4.78, 5) is 27.8. The van der Waals surface area contributed by atoms with Gasteiger partial charge in [0.2, 0.25) is 5.91 Å². The van der Waals surface area contributed by atoms with Crippen molar-refractivity contribution in [1.29, 1.82) is 0 Å². The molecule has 6 heteroatoms. The van der Waals surface area contributed by atoms with Crippen LogP contribution in [0.25, 0.3) is 10.4 Å². The van der Waals surface area contributed by atoms with Crippen LogP contribution < -0.4 is 5.32 Å². The molecular weight excluding hydrogens is 276 g/mol. The Balaban J connectivity index is 1.90. The van der Waals surface area contributed by atoms with Crippen LogP contribution in [0, 0.1) is 0 Å². The fraction of sp³-hybridized carbons (Fsp3) is 0.214. The molecule has 0 unspecified atom stereocenters. The first-order valence-corrected chi connectivity index (χ1v) is 6.93. The number of nitrogens with one attached hydrogen (secondary N) is 1. The van der Waals surface area contributed by atoms with E-state index in [0.29, 0.717) is 5.82 Å². The second kappa shape index (κ2) is 6.81. The number of ether oxygens (including phenoxy) is 1. The van der Waals surface area contributed by atoms with Crippen molar-refractivity contribution in [3.8, 4) is 10.4 Å². The minimum absolute atomic E-state index is 0.0651. The maximum atomic E-state index is 11.6. The summed E-state index contributed by atoms with van der Waals surface area (Å²) < 4.78 is 4.47. The number of carbonyl (C=O) groups is 2. The van der Waals surface area contributed by atoms with E-state index in [-0.39, 0.29) is 18.7 Å². The molecule has 1 N–H and O–H groups in total. The second-order valence-corrected chi connectivity index (χ2v) is 4.98. The standard InChI is InChI=1S/C14H14N2O3S/c1-19-14(18)7-6-13(17)16-12-5-4-10(9-15-12)11-3-2-8-20-11/h2-5,8-9H,6-7H2,1H3,(H,15,16,17). The average Bonchev–Trinajstić information content (AvgIpc) is 2.99. The lowest BCUT2D eigenvalue weighted by Crippen LogP contribution is -2.14. The van der Waals surface area contributed by atoms with E-state index in [1.54, 1.807) is 23.6 Å². The van der Waals surface area contributed by atoms with Crippen LogP contribution in [0.4, 0.5) is 5.82 Å². The monoisotopic (exact) mass is 290 g/mol.